The van der Waals surface area contributed by atoms with Crippen molar-refractivity contribution in [3.8, 4) is 11.5 Å². The molecule has 2 N–H and O–H groups in total. The molecule has 0 unspecified atom stereocenters. The first-order valence-electron chi connectivity index (χ1n) is 6.90. The van der Waals surface area contributed by atoms with E-state index in [9.17, 15) is 19.4 Å². The van der Waals surface area contributed by atoms with Gasteiger partial charge in [-0.3, -0.25) is 4.79 Å². The number of anilines is 1. The molecule has 0 atom stereocenters. The van der Waals surface area contributed by atoms with Crippen LogP contribution in [0.15, 0.2) is 36.4 Å². The third kappa shape index (κ3) is 3.03. The maximum Gasteiger partial charge on any atom is 0.261 e. The normalized spacial score (nSPS) is 10.8. The van der Waals surface area contributed by atoms with E-state index in [4.69, 9.17) is 0 Å². The molecule has 116 valence electrons. The van der Waals surface area contributed by atoms with Crippen LogP contribution in [0.4, 0.5) is 10.1 Å². The average molecular weight is 303 g/mol. The minimum Gasteiger partial charge on any atom is -0.508 e. The Balaban J connectivity index is 2.40. The van der Waals surface area contributed by atoms with Crippen LogP contribution in [0.3, 0.4) is 0 Å². The Labute approximate surface area is 128 Å². The maximum atomic E-state index is 13.0. The lowest BCUT2D eigenvalue weighted by atomic mass is 9.98. The number of carbonyl (C=O) groups excluding carboxylic acids is 1. The Morgan fingerprint density at radius 2 is 1.68 bits per heavy atom. The summed E-state index contributed by atoms with van der Waals surface area (Å²) in [6, 6.07) is 8.13. The molecule has 0 radical (unpaired) electrons. The van der Waals surface area contributed by atoms with Gasteiger partial charge in [0.1, 0.15) is 17.3 Å². The number of amides is 1. The summed E-state index contributed by atoms with van der Waals surface area (Å²) in [4.78, 5) is 13.8. The Hall–Kier alpha value is -2.56. The summed E-state index contributed by atoms with van der Waals surface area (Å²) in [5.41, 5.74) is 1.17. The zero-order chi connectivity index (χ0) is 16.4. The standard InChI is InChI=1S/C17H18FNO3/c1-10(2)13-8-14(16(21)9-15(13)20)17(22)19(3)12-6-4-11(18)5-7-12/h4-10,20-21H,1-3H3. The number of halogens is 1. The summed E-state index contributed by atoms with van der Waals surface area (Å²) >= 11 is 0. The molecule has 0 saturated carbocycles. The van der Waals surface area contributed by atoms with Crippen molar-refractivity contribution < 1.29 is 19.4 Å². The van der Waals surface area contributed by atoms with Crippen LogP contribution in [0, 0.1) is 5.82 Å². The van der Waals surface area contributed by atoms with Gasteiger partial charge in [-0.2, -0.15) is 0 Å². The number of hydrogen-bond donors (Lipinski definition) is 2. The van der Waals surface area contributed by atoms with E-state index in [1.165, 1.54) is 48.3 Å². The average Bonchev–Trinajstić information content (AvgIpc) is 2.46. The van der Waals surface area contributed by atoms with E-state index in [0.29, 0.717) is 11.3 Å². The third-order valence-electron chi connectivity index (χ3n) is 3.52. The predicted octanol–water partition coefficient (Wildman–Crippen LogP) is 3.64. The fraction of sp³-hybridized carbons (Fsp3) is 0.235. The van der Waals surface area contributed by atoms with Crippen LogP contribution in [0.2, 0.25) is 0 Å². The number of aromatic hydroxyl groups is 2. The molecule has 0 aliphatic carbocycles. The predicted molar refractivity (Wildman–Crippen MR) is 83.0 cm³/mol. The SMILES string of the molecule is CC(C)c1cc(C(=O)N(C)c2ccc(F)cc2)c(O)cc1O. The van der Waals surface area contributed by atoms with E-state index in [-0.39, 0.29) is 28.8 Å². The molecule has 22 heavy (non-hydrogen) atoms. The van der Waals surface area contributed by atoms with Gasteiger partial charge >= 0.3 is 0 Å². The van der Waals surface area contributed by atoms with Crippen molar-refractivity contribution in [1.29, 1.82) is 0 Å². The van der Waals surface area contributed by atoms with Crippen LogP contribution in [0.5, 0.6) is 11.5 Å². The summed E-state index contributed by atoms with van der Waals surface area (Å²) in [6.45, 7) is 3.76. The molecule has 0 aliphatic heterocycles. The number of phenols is 2. The number of carbonyl (C=O) groups is 1. The molecular formula is C17H18FNO3. The Bertz CT molecular complexity index is 696. The summed E-state index contributed by atoms with van der Waals surface area (Å²) in [5, 5.41) is 19.8. The minimum absolute atomic E-state index is 0.00303. The highest BCUT2D eigenvalue weighted by Gasteiger charge is 2.20. The lowest BCUT2D eigenvalue weighted by Crippen LogP contribution is -2.26. The molecule has 0 fully saturated rings. The van der Waals surface area contributed by atoms with Crippen molar-refractivity contribution >= 4 is 11.6 Å². The molecule has 5 heteroatoms. The third-order valence-corrected chi connectivity index (χ3v) is 3.52. The molecule has 2 aromatic carbocycles. The van der Waals surface area contributed by atoms with Crippen LogP contribution in [-0.2, 0) is 0 Å². The Kier molecular flexibility index (Phi) is 4.35. The first-order valence-corrected chi connectivity index (χ1v) is 6.90. The van der Waals surface area contributed by atoms with Gasteiger partial charge in [-0.1, -0.05) is 13.8 Å². The lowest BCUT2D eigenvalue weighted by Gasteiger charge is -2.19. The van der Waals surface area contributed by atoms with E-state index in [1.807, 2.05) is 13.8 Å². The van der Waals surface area contributed by atoms with Crippen molar-refractivity contribution in [1.82, 2.24) is 0 Å². The molecule has 0 heterocycles. The summed E-state index contributed by atoms with van der Waals surface area (Å²) < 4.78 is 13.0. The van der Waals surface area contributed by atoms with Crippen molar-refractivity contribution in [2.75, 3.05) is 11.9 Å². The topological polar surface area (TPSA) is 60.8 Å². The van der Waals surface area contributed by atoms with Gasteiger partial charge in [0.25, 0.3) is 5.91 Å². The van der Waals surface area contributed by atoms with E-state index in [2.05, 4.69) is 0 Å². The van der Waals surface area contributed by atoms with Gasteiger partial charge in [0.15, 0.2) is 0 Å². The van der Waals surface area contributed by atoms with Crippen molar-refractivity contribution in [3.63, 3.8) is 0 Å². The van der Waals surface area contributed by atoms with E-state index in [0.717, 1.165) is 0 Å². The van der Waals surface area contributed by atoms with Crippen LogP contribution in [0.25, 0.3) is 0 Å². The van der Waals surface area contributed by atoms with Gasteiger partial charge in [-0.15, -0.1) is 0 Å². The number of nitrogens with zero attached hydrogens (tertiary/aromatic N) is 1. The summed E-state index contributed by atoms with van der Waals surface area (Å²) in [7, 11) is 1.54. The summed E-state index contributed by atoms with van der Waals surface area (Å²) in [5.74, 6) is -1.16. The van der Waals surface area contributed by atoms with Crippen LogP contribution >= 0.6 is 0 Å². The summed E-state index contributed by atoms with van der Waals surface area (Å²) in [6.07, 6.45) is 0. The van der Waals surface area contributed by atoms with Crippen LogP contribution in [-0.4, -0.2) is 23.2 Å². The number of hydrogen-bond acceptors (Lipinski definition) is 3. The van der Waals surface area contributed by atoms with Crippen LogP contribution in [0.1, 0.15) is 35.7 Å². The second-order valence-electron chi connectivity index (χ2n) is 5.42. The Morgan fingerprint density at radius 3 is 2.23 bits per heavy atom. The molecule has 0 aromatic heterocycles. The molecule has 0 spiro atoms. The monoisotopic (exact) mass is 303 g/mol. The molecule has 1 amide bonds. The molecule has 2 aromatic rings. The Morgan fingerprint density at radius 1 is 1.09 bits per heavy atom. The quantitative estimate of drug-likeness (QED) is 0.910. The smallest absolute Gasteiger partial charge is 0.261 e. The fourth-order valence-corrected chi connectivity index (χ4v) is 2.19. The van der Waals surface area contributed by atoms with Crippen molar-refractivity contribution in [2.45, 2.75) is 19.8 Å². The zero-order valence-corrected chi connectivity index (χ0v) is 12.7. The highest BCUT2D eigenvalue weighted by Crippen LogP contribution is 2.33. The number of phenolic OH excluding ortho intramolecular Hbond substituents is 2. The highest BCUT2D eigenvalue weighted by atomic mass is 19.1. The van der Waals surface area contributed by atoms with Crippen LogP contribution < -0.4 is 4.90 Å². The zero-order valence-electron chi connectivity index (χ0n) is 12.7. The first-order chi connectivity index (χ1) is 10.3. The minimum atomic E-state index is -0.439. The van der Waals surface area contributed by atoms with E-state index >= 15 is 0 Å². The lowest BCUT2D eigenvalue weighted by molar-refractivity contribution is 0.0990. The molecule has 0 bridgehead atoms. The van der Waals surface area contributed by atoms with Gasteiger partial charge < -0.3 is 15.1 Å². The van der Waals surface area contributed by atoms with Gasteiger partial charge in [0, 0.05) is 18.8 Å². The first kappa shape index (κ1) is 15.8. The number of rotatable bonds is 3. The van der Waals surface area contributed by atoms with E-state index in [1.54, 1.807) is 0 Å². The van der Waals surface area contributed by atoms with Gasteiger partial charge in [-0.25, -0.2) is 4.39 Å². The van der Waals surface area contributed by atoms with Crippen molar-refractivity contribution in [2.24, 2.45) is 0 Å². The van der Waals surface area contributed by atoms with Gasteiger partial charge in [0.05, 0.1) is 5.56 Å². The van der Waals surface area contributed by atoms with Gasteiger partial charge in [0.2, 0.25) is 0 Å². The van der Waals surface area contributed by atoms with Crippen molar-refractivity contribution in [3.05, 3.63) is 53.3 Å². The molecule has 0 aliphatic rings. The molecule has 2 rings (SSSR count). The maximum absolute atomic E-state index is 13.0. The largest absolute Gasteiger partial charge is 0.508 e. The van der Waals surface area contributed by atoms with Gasteiger partial charge in [-0.05, 0) is 41.8 Å². The van der Waals surface area contributed by atoms with E-state index < -0.39 is 5.91 Å². The fourth-order valence-electron chi connectivity index (χ4n) is 2.19. The second kappa shape index (κ2) is 6.05. The second-order valence-corrected chi connectivity index (χ2v) is 5.42. The molecular weight excluding hydrogens is 285 g/mol. The molecule has 0 saturated heterocycles. The molecule has 4 nitrogen and oxygen atoms in total. The highest BCUT2D eigenvalue weighted by molar-refractivity contribution is 6.07. The number of benzene rings is 2.